The molecule has 0 aromatic rings. The molecule has 4 unspecified atom stereocenters. The fourth-order valence-electron chi connectivity index (χ4n) is 3.64. The summed E-state index contributed by atoms with van der Waals surface area (Å²) in [5.41, 5.74) is 4.16. The van der Waals surface area contributed by atoms with E-state index < -0.39 is 0 Å². The quantitative estimate of drug-likeness (QED) is 0.428. The van der Waals surface area contributed by atoms with Crippen molar-refractivity contribution in [3.63, 3.8) is 0 Å². The maximum absolute atomic E-state index is 2.59. The first-order valence-corrected chi connectivity index (χ1v) is 9.53. The van der Waals surface area contributed by atoms with Gasteiger partial charge < -0.3 is 0 Å². The number of rotatable bonds is 0. The Labute approximate surface area is 88.2 Å². The monoisotopic (exact) mass is 222 g/mol. The van der Waals surface area contributed by atoms with Crippen LogP contribution in [-0.4, -0.2) is 22.6 Å². The number of hydrogen-bond donors (Lipinski definition) is 0. The molecule has 2 heteroatoms. The van der Waals surface area contributed by atoms with Gasteiger partial charge in [-0.15, -0.1) is 0 Å². The van der Waals surface area contributed by atoms with Crippen molar-refractivity contribution in [1.82, 2.24) is 0 Å². The highest BCUT2D eigenvalue weighted by molar-refractivity contribution is 8.31. The molecule has 2 saturated heterocycles. The van der Waals surface area contributed by atoms with E-state index in [-0.39, 0.29) is 0 Å². The SMILES string of the molecule is C1=CC2CCC1P1C3C=CC(CC3)P21. The summed E-state index contributed by atoms with van der Waals surface area (Å²) in [4.78, 5) is 0. The zero-order chi connectivity index (χ0) is 9.12. The molecule has 2 fully saturated rings. The van der Waals surface area contributed by atoms with Crippen LogP contribution < -0.4 is 0 Å². The van der Waals surface area contributed by atoms with Crippen LogP contribution in [0.25, 0.3) is 0 Å². The van der Waals surface area contributed by atoms with E-state index >= 15 is 0 Å². The van der Waals surface area contributed by atoms with Crippen LogP contribution in [0.5, 0.6) is 0 Å². The molecule has 0 aromatic heterocycles. The third kappa shape index (κ3) is 0.975. The Balaban J connectivity index is 1.82. The topological polar surface area (TPSA) is 0 Å². The molecule has 4 bridgehead atoms. The Kier molecular flexibility index (Phi) is 1.77. The van der Waals surface area contributed by atoms with Crippen LogP contribution >= 0.6 is 15.2 Å². The summed E-state index contributed by atoms with van der Waals surface area (Å²) in [6.07, 6.45) is 16.5. The van der Waals surface area contributed by atoms with Crippen molar-refractivity contribution in [3.05, 3.63) is 24.3 Å². The second kappa shape index (κ2) is 2.93. The Morgan fingerprint density at radius 2 is 0.857 bits per heavy atom. The van der Waals surface area contributed by atoms with Crippen LogP contribution in [0.4, 0.5) is 0 Å². The Morgan fingerprint density at radius 1 is 0.571 bits per heavy atom. The van der Waals surface area contributed by atoms with Gasteiger partial charge in [-0.1, -0.05) is 39.5 Å². The smallest absolute Gasteiger partial charge is 0.00153 e. The predicted molar refractivity (Wildman–Crippen MR) is 65.7 cm³/mol. The molecule has 4 heterocycles. The van der Waals surface area contributed by atoms with Gasteiger partial charge in [0.1, 0.15) is 0 Å². The first kappa shape index (κ1) is 8.49. The minimum absolute atomic E-state index is 0.417. The molecule has 0 nitrogen and oxygen atoms in total. The van der Waals surface area contributed by atoms with Crippen molar-refractivity contribution >= 4 is 15.2 Å². The van der Waals surface area contributed by atoms with Gasteiger partial charge >= 0.3 is 0 Å². The van der Waals surface area contributed by atoms with Crippen molar-refractivity contribution in [3.8, 4) is 0 Å². The fraction of sp³-hybridized carbons (Fsp3) is 0.667. The van der Waals surface area contributed by atoms with Crippen LogP contribution in [0.15, 0.2) is 24.3 Å². The van der Waals surface area contributed by atoms with Gasteiger partial charge in [-0.2, -0.15) is 0 Å². The summed E-state index contributed by atoms with van der Waals surface area (Å²) in [5, 5.41) is 0. The van der Waals surface area contributed by atoms with Crippen LogP contribution in [-0.2, 0) is 0 Å². The zero-order valence-electron chi connectivity index (χ0n) is 8.34. The summed E-state index contributed by atoms with van der Waals surface area (Å²) in [5.74, 6) is 0. The standard InChI is InChI=1S/C12H16P2/c1-2-10-4-3-9(1)13-11-5-7-12(8-6-11)14(10)13/h1-2,5,7,9-12H,3-4,6,8H2. The van der Waals surface area contributed by atoms with Gasteiger partial charge in [0.25, 0.3) is 0 Å². The average Bonchev–Trinajstić information content (AvgIpc) is 2.32. The fourth-order valence-corrected chi connectivity index (χ4v) is 15.2. The summed E-state index contributed by atoms with van der Waals surface area (Å²) in [7, 11) is 0.835. The highest BCUT2D eigenvalue weighted by atomic mass is 32.1. The van der Waals surface area contributed by atoms with Crippen LogP contribution in [0.1, 0.15) is 25.7 Å². The van der Waals surface area contributed by atoms with Gasteiger partial charge in [-0.3, -0.25) is 0 Å². The van der Waals surface area contributed by atoms with Crippen molar-refractivity contribution in [1.29, 1.82) is 0 Å². The second-order valence-electron chi connectivity index (χ2n) is 4.95. The van der Waals surface area contributed by atoms with E-state index in [1.807, 2.05) is 0 Å². The lowest BCUT2D eigenvalue weighted by Crippen LogP contribution is -2.34. The van der Waals surface area contributed by atoms with Crippen LogP contribution in [0, 0.1) is 0 Å². The van der Waals surface area contributed by atoms with Gasteiger partial charge in [0.15, 0.2) is 0 Å². The Morgan fingerprint density at radius 3 is 1.07 bits per heavy atom. The van der Waals surface area contributed by atoms with Crippen molar-refractivity contribution in [2.45, 2.75) is 48.3 Å². The van der Waals surface area contributed by atoms with Gasteiger partial charge in [-0.05, 0) is 25.7 Å². The summed E-state index contributed by atoms with van der Waals surface area (Å²) < 4.78 is 0. The number of hydrogen-bond acceptors (Lipinski definition) is 0. The van der Waals surface area contributed by atoms with E-state index in [9.17, 15) is 0 Å². The molecule has 0 radical (unpaired) electrons. The lowest BCUT2D eigenvalue weighted by molar-refractivity contribution is 0.675. The Bertz CT molecular complexity index is 260. The minimum atomic E-state index is 0.417. The molecule has 2 aliphatic carbocycles. The van der Waals surface area contributed by atoms with E-state index in [1.54, 1.807) is 0 Å². The van der Waals surface area contributed by atoms with Gasteiger partial charge in [0.2, 0.25) is 0 Å². The first-order chi connectivity index (χ1) is 6.93. The normalized spacial score (nSPS) is 57.7. The zero-order valence-corrected chi connectivity index (χ0v) is 10.1. The third-order valence-corrected chi connectivity index (χ3v) is 14.4. The molecule has 0 aromatic carbocycles. The minimum Gasteiger partial charge on any atom is -0.0801 e. The number of allylic oxidation sites excluding steroid dienone is 4. The maximum atomic E-state index is 2.59. The summed E-state index contributed by atoms with van der Waals surface area (Å²) >= 11 is 0. The van der Waals surface area contributed by atoms with Crippen LogP contribution in [0.3, 0.4) is 0 Å². The summed E-state index contributed by atoms with van der Waals surface area (Å²) in [6, 6.07) is 0. The van der Waals surface area contributed by atoms with Crippen molar-refractivity contribution < 1.29 is 0 Å². The average molecular weight is 222 g/mol. The molecule has 0 spiro atoms. The molecule has 0 saturated carbocycles. The lowest BCUT2D eigenvalue weighted by Gasteiger charge is -2.56. The van der Waals surface area contributed by atoms with E-state index in [0.717, 1.165) is 22.6 Å². The second-order valence-corrected chi connectivity index (χ2v) is 11.9. The molecular weight excluding hydrogens is 206 g/mol. The van der Waals surface area contributed by atoms with E-state index in [2.05, 4.69) is 24.3 Å². The number of fused-ring (bicyclic) bond motifs is 2. The first-order valence-electron chi connectivity index (χ1n) is 5.87. The molecule has 6 aliphatic rings. The van der Waals surface area contributed by atoms with Gasteiger partial charge in [-0.25, -0.2) is 0 Å². The van der Waals surface area contributed by atoms with Crippen molar-refractivity contribution in [2.75, 3.05) is 0 Å². The Hall–Kier alpha value is 0.340. The predicted octanol–water partition coefficient (Wildman–Crippen LogP) is 4.07. The molecule has 74 valence electrons. The molecule has 0 amide bonds. The maximum Gasteiger partial charge on any atom is 0.00153 e. The van der Waals surface area contributed by atoms with Gasteiger partial charge in [0, 0.05) is 22.6 Å². The van der Waals surface area contributed by atoms with E-state index in [1.165, 1.54) is 25.7 Å². The highest BCUT2D eigenvalue weighted by Crippen LogP contribution is 2.87. The van der Waals surface area contributed by atoms with Crippen molar-refractivity contribution in [2.24, 2.45) is 0 Å². The van der Waals surface area contributed by atoms with E-state index in [4.69, 9.17) is 0 Å². The third-order valence-electron chi connectivity index (χ3n) is 4.25. The molecule has 4 atom stereocenters. The molecule has 4 aliphatic heterocycles. The molecule has 0 N–H and O–H groups in total. The molecule has 14 heavy (non-hydrogen) atoms. The van der Waals surface area contributed by atoms with Crippen LogP contribution in [0.2, 0.25) is 0 Å². The summed E-state index contributed by atoms with van der Waals surface area (Å²) in [6.45, 7) is 0. The lowest BCUT2D eigenvalue weighted by atomic mass is 10.1. The molecular formula is C12H16P2. The van der Waals surface area contributed by atoms with E-state index in [0.29, 0.717) is 15.2 Å². The molecule has 6 rings (SSSR count). The largest absolute Gasteiger partial charge is 0.0801 e. The highest BCUT2D eigenvalue weighted by Gasteiger charge is 2.49. The van der Waals surface area contributed by atoms with Gasteiger partial charge in [0.05, 0.1) is 0 Å².